The summed E-state index contributed by atoms with van der Waals surface area (Å²) in [7, 11) is 0. The van der Waals surface area contributed by atoms with Gasteiger partial charge in [0.2, 0.25) is 0 Å². The number of rotatable bonds is 10. The fraction of sp³-hybridized carbons (Fsp3) is 0.647. The van der Waals surface area contributed by atoms with Crippen molar-refractivity contribution in [1.29, 1.82) is 0 Å². The fourth-order valence-corrected chi connectivity index (χ4v) is 2.90. The highest BCUT2D eigenvalue weighted by atomic mass is 79.9. The maximum atomic E-state index is 5.46. The molecule has 0 spiro atoms. The van der Waals surface area contributed by atoms with Gasteiger partial charge in [-0.2, -0.15) is 0 Å². The number of halogens is 1. The molecular weight excluding hydrogens is 314 g/mol. The van der Waals surface area contributed by atoms with Gasteiger partial charge < -0.3 is 10.1 Å². The Kier molecular flexibility index (Phi) is 9.16. The third-order valence-corrected chi connectivity index (χ3v) is 4.06. The summed E-state index contributed by atoms with van der Waals surface area (Å²) in [6, 6.07) is 8.56. The molecule has 0 saturated carbocycles. The quantitative estimate of drug-likeness (QED) is 0.628. The SMILES string of the molecule is CCOCCCC(CNCC(C)C)c1ccccc1Br. The summed E-state index contributed by atoms with van der Waals surface area (Å²) < 4.78 is 6.68. The van der Waals surface area contributed by atoms with Gasteiger partial charge in [0.25, 0.3) is 0 Å². The van der Waals surface area contributed by atoms with Gasteiger partial charge >= 0.3 is 0 Å². The first kappa shape index (κ1) is 17.7. The molecule has 0 aliphatic rings. The van der Waals surface area contributed by atoms with E-state index >= 15 is 0 Å². The number of hydrogen-bond acceptors (Lipinski definition) is 2. The third-order valence-electron chi connectivity index (χ3n) is 3.33. The Morgan fingerprint density at radius 3 is 2.60 bits per heavy atom. The molecule has 1 aromatic rings. The molecule has 0 aliphatic carbocycles. The number of hydrogen-bond donors (Lipinski definition) is 1. The van der Waals surface area contributed by atoms with Crippen LogP contribution in [0, 0.1) is 5.92 Å². The highest BCUT2D eigenvalue weighted by Crippen LogP contribution is 2.28. The Hall–Kier alpha value is -0.380. The van der Waals surface area contributed by atoms with E-state index in [1.165, 1.54) is 10.0 Å². The molecule has 2 nitrogen and oxygen atoms in total. The molecule has 1 unspecified atom stereocenters. The molecule has 0 aliphatic heterocycles. The number of benzene rings is 1. The van der Waals surface area contributed by atoms with E-state index in [0.29, 0.717) is 11.8 Å². The second-order valence-electron chi connectivity index (χ2n) is 5.61. The summed E-state index contributed by atoms with van der Waals surface area (Å²) in [5.41, 5.74) is 1.40. The van der Waals surface area contributed by atoms with Crippen LogP contribution in [0.5, 0.6) is 0 Å². The monoisotopic (exact) mass is 341 g/mol. The minimum Gasteiger partial charge on any atom is -0.382 e. The van der Waals surface area contributed by atoms with E-state index in [9.17, 15) is 0 Å². The highest BCUT2D eigenvalue weighted by molar-refractivity contribution is 9.10. The van der Waals surface area contributed by atoms with E-state index in [2.05, 4.69) is 66.3 Å². The molecule has 1 atom stereocenters. The second-order valence-corrected chi connectivity index (χ2v) is 6.46. The Morgan fingerprint density at radius 1 is 1.20 bits per heavy atom. The summed E-state index contributed by atoms with van der Waals surface area (Å²) in [6.07, 6.45) is 2.27. The van der Waals surface area contributed by atoms with Crippen LogP contribution >= 0.6 is 15.9 Å². The maximum Gasteiger partial charge on any atom is 0.0466 e. The van der Waals surface area contributed by atoms with Crippen LogP contribution in [0.15, 0.2) is 28.7 Å². The van der Waals surface area contributed by atoms with E-state index in [4.69, 9.17) is 4.74 Å². The summed E-state index contributed by atoms with van der Waals surface area (Å²) in [4.78, 5) is 0. The fourth-order valence-electron chi connectivity index (χ4n) is 2.30. The van der Waals surface area contributed by atoms with Crippen LogP contribution in [0.1, 0.15) is 45.1 Å². The molecule has 3 heteroatoms. The molecule has 1 N–H and O–H groups in total. The van der Waals surface area contributed by atoms with Gasteiger partial charge in [0, 0.05) is 24.2 Å². The van der Waals surface area contributed by atoms with Crippen molar-refractivity contribution in [1.82, 2.24) is 5.32 Å². The molecule has 0 heterocycles. The normalized spacial score (nSPS) is 12.8. The van der Waals surface area contributed by atoms with Gasteiger partial charge in [0.05, 0.1) is 0 Å². The lowest BCUT2D eigenvalue weighted by Gasteiger charge is -2.20. The number of nitrogens with one attached hydrogen (secondary N) is 1. The lowest BCUT2D eigenvalue weighted by atomic mass is 9.94. The van der Waals surface area contributed by atoms with E-state index in [0.717, 1.165) is 39.1 Å². The zero-order chi connectivity index (χ0) is 14.8. The maximum absolute atomic E-state index is 5.46. The van der Waals surface area contributed by atoms with Gasteiger partial charge in [-0.1, -0.05) is 48.0 Å². The standard InChI is InChI=1S/C17H28BrNO/c1-4-20-11-7-8-15(13-19-12-14(2)3)16-9-5-6-10-17(16)18/h5-6,9-10,14-15,19H,4,7-8,11-13H2,1-3H3. The van der Waals surface area contributed by atoms with Gasteiger partial charge in [0.15, 0.2) is 0 Å². The first-order valence-electron chi connectivity index (χ1n) is 7.68. The molecule has 0 amide bonds. The van der Waals surface area contributed by atoms with Gasteiger partial charge in [-0.3, -0.25) is 0 Å². The minimum absolute atomic E-state index is 0.546. The van der Waals surface area contributed by atoms with E-state index < -0.39 is 0 Å². The van der Waals surface area contributed by atoms with Gasteiger partial charge in [-0.15, -0.1) is 0 Å². The zero-order valence-electron chi connectivity index (χ0n) is 13.0. The van der Waals surface area contributed by atoms with Crippen molar-refractivity contribution in [2.24, 2.45) is 5.92 Å². The predicted molar refractivity (Wildman–Crippen MR) is 90.3 cm³/mol. The molecule has 0 aromatic heterocycles. The second kappa shape index (κ2) is 10.4. The average Bonchev–Trinajstić information content (AvgIpc) is 2.42. The average molecular weight is 342 g/mol. The van der Waals surface area contributed by atoms with Crippen LogP contribution in [0.3, 0.4) is 0 Å². The summed E-state index contributed by atoms with van der Waals surface area (Å²) in [6.45, 7) is 10.3. The molecule has 0 fully saturated rings. The Bertz CT molecular complexity index is 368. The zero-order valence-corrected chi connectivity index (χ0v) is 14.6. The first-order chi connectivity index (χ1) is 9.65. The molecule has 0 bridgehead atoms. The molecule has 1 aromatic carbocycles. The van der Waals surface area contributed by atoms with Crippen molar-refractivity contribution in [2.45, 2.75) is 39.5 Å². The van der Waals surface area contributed by atoms with Gasteiger partial charge in [-0.25, -0.2) is 0 Å². The van der Waals surface area contributed by atoms with Crippen molar-refractivity contribution in [3.8, 4) is 0 Å². The lowest BCUT2D eigenvalue weighted by molar-refractivity contribution is 0.141. The van der Waals surface area contributed by atoms with Crippen molar-refractivity contribution >= 4 is 15.9 Å². The van der Waals surface area contributed by atoms with Crippen molar-refractivity contribution in [3.63, 3.8) is 0 Å². The van der Waals surface area contributed by atoms with E-state index in [1.807, 2.05) is 0 Å². The van der Waals surface area contributed by atoms with Crippen molar-refractivity contribution < 1.29 is 4.74 Å². The predicted octanol–water partition coefficient (Wildman–Crippen LogP) is 4.60. The van der Waals surface area contributed by atoms with Crippen LogP contribution < -0.4 is 5.32 Å². The van der Waals surface area contributed by atoms with Crippen molar-refractivity contribution in [3.05, 3.63) is 34.3 Å². The van der Waals surface area contributed by atoms with Gasteiger partial charge in [-0.05, 0) is 49.8 Å². The molecule has 0 saturated heterocycles. The van der Waals surface area contributed by atoms with Crippen LogP contribution in [-0.2, 0) is 4.74 Å². The Morgan fingerprint density at radius 2 is 1.95 bits per heavy atom. The molecular formula is C17H28BrNO. The molecule has 114 valence electrons. The van der Waals surface area contributed by atoms with Crippen LogP contribution in [-0.4, -0.2) is 26.3 Å². The molecule has 0 radical (unpaired) electrons. The molecule has 1 rings (SSSR count). The largest absolute Gasteiger partial charge is 0.382 e. The minimum atomic E-state index is 0.546. The Labute approximate surface area is 132 Å². The van der Waals surface area contributed by atoms with E-state index in [1.54, 1.807) is 0 Å². The van der Waals surface area contributed by atoms with E-state index in [-0.39, 0.29) is 0 Å². The smallest absolute Gasteiger partial charge is 0.0466 e. The molecule has 20 heavy (non-hydrogen) atoms. The Balaban J connectivity index is 2.56. The topological polar surface area (TPSA) is 21.3 Å². The van der Waals surface area contributed by atoms with Crippen LogP contribution in [0.4, 0.5) is 0 Å². The van der Waals surface area contributed by atoms with Gasteiger partial charge in [0.1, 0.15) is 0 Å². The highest BCUT2D eigenvalue weighted by Gasteiger charge is 2.14. The summed E-state index contributed by atoms with van der Waals surface area (Å²) in [5.74, 6) is 1.24. The van der Waals surface area contributed by atoms with Crippen molar-refractivity contribution in [2.75, 3.05) is 26.3 Å². The van der Waals surface area contributed by atoms with Crippen LogP contribution in [0.2, 0.25) is 0 Å². The summed E-state index contributed by atoms with van der Waals surface area (Å²) >= 11 is 3.68. The lowest BCUT2D eigenvalue weighted by Crippen LogP contribution is -2.26. The first-order valence-corrected chi connectivity index (χ1v) is 8.47. The summed E-state index contributed by atoms with van der Waals surface area (Å²) in [5, 5.41) is 3.59. The number of ether oxygens (including phenoxy) is 1. The third kappa shape index (κ3) is 6.87. The van der Waals surface area contributed by atoms with Crippen LogP contribution in [0.25, 0.3) is 0 Å².